The summed E-state index contributed by atoms with van der Waals surface area (Å²) in [6, 6.07) is 8.14. The molecular weight excluding hydrogens is 302 g/mol. The van der Waals surface area contributed by atoms with Crippen LogP contribution < -0.4 is 4.90 Å². The number of hydrogen-bond donors (Lipinski definition) is 1. The fraction of sp³-hybridized carbons (Fsp3) is 0.647. The Balaban J connectivity index is 1.70. The largest absolute Gasteiger partial charge is 0.387 e. The number of ether oxygens (including phenoxy) is 1. The van der Waals surface area contributed by atoms with Gasteiger partial charge in [0.15, 0.2) is 0 Å². The van der Waals surface area contributed by atoms with E-state index in [1.807, 2.05) is 17.0 Å². The molecule has 128 valence electrons. The average molecular weight is 326 g/mol. The Morgan fingerprint density at radius 3 is 2.65 bits per heavy atom. The Morgan fingerprint density at radius 2 is 1.87 bits per heavy atom. The molecule has 0 amide bonds. The van der Waals surface area contributed by atoms with Gasteiger partial charge in [0.25, 0.3) is 5.92 Å². The molecular formula is C17H24F2N2O2. The number of morpholine rings is 1. The number of halogens is 2. The normalized spacial score (nSPS) is 26.0. The van der Waals surface area contributed by atoms with E-state index in [9.17, 15) is 13.9 Å². The van der Waals surface area contributed by atoms with E-state index in [0.29, 0.717) is 19.6 Å². The van der Waals surface area contributed by atoms with Crippen molar-refractivity contribution in [2.24, 2.45) is 0 Å². The minimum atomic E-state index is -2.97. The van der Waals surface area contributed by atoms with Crippen LogP contribution in [0.2, 0.25) is 0 Å². The lowest BCUT2D eigenvalue weighted by molar-refractivity contribution is -0.108. The van der Waals surface area contributed by atoms with E-state index in [4.69, 9.17) is 4.74 Å². The van der Waals surface area contributed by atoms with Crippen LogP contribution >= 0.6 is 0 Å². The summed E-state index contributed by atoms with van der Waals surface area (Å²) < 4.78 is 32.7. The van der Waals surface area contributed by atoms with Gasteiger partial charge in [-0.25, -0.2) is 8.78 Å². The molecule has 0 spiro atoms. The standard InChI is InChI=1S/C17H24F2N2O2/c18-17(19)6-8-20(7-5-16(17)22)13-14-3-1-2-4-15(14)21-9-11-23-12-10-21/h1-4,16,22H,5-13H2. The molecule has 2 heterocycles. The van der Waals surface area contributed by atoms with E-state index in [1.54, 1.807) is 0 Å². The summed E-state index contributed by atoms with van der Waals surface area (Å²) in [5, 5.41) is 9.56. The average Bonchev–Trinajstić information content (AvgIpc) is 2.69. The van der Waals surface area contributed by atoms with Crippen LogP contribution in [0.15, 0.2) is 24.3 Å². The molecule has 0 aliphatic carbocycles. The summed E-state index contributed by atoms with van der Waals surface area (Å²) in [5.74, 6) is -2.97. The van der Waals surface area contributed by atoms with E-state index in [-0.39, 0.29) is 12.8 Å². The first kappa shape index (κ1) is 16.6. The first-order chi connectivity index (χ1) is 11.1. The van der Waals surface area contributed by atoms with Crippen LogP contribution in [0, 0.1) is 0 Å². The van der Waals surface area contributed by atoms with Gasteiger partial charge >= 0.3 is 0 Å². The van der Waals surface area contributed by atoms with Crippen molar-refractivity contribution in [2.45, 2.75) is 31.4 Å². The molecule has 1 atom stereocenters. The van der Waals surface area contributed by atoms with Gasteiger partial charge in [0.2, 0.25) is 0 Å². The van der Waals surface area contributed by atoms with E-state index >= 15 is 0 Å². The Kier molecular flexibility index (Phi) is 5.14. The van der Waals surface area contributed by atoms with Gasteiger partial charge in [0, 0.05) is 44.8 Å². The smallest absolute Gasteiger partial charge is 0.274 e. The van der Waals surface area contributed by atoms with Crippen molar-refractivity contribution >= 4 is 5.69 Å². The van der Waals surface area contributed by atoms with E-state index in [1.165, 1.54) is 0 Å². The molecule has 3 rings (SSSR count). The van der Waals surface area contributed by atoms with Gasteiger partial charge in [0.1, 0.15) is 6.10 Å². The van der Waals surface area contributed by atoms with Gasteiger partial charge in [-0.3, -0.25) is 4.90 Å². The summed E-state index contributed by atoms with van der Waals surface area (Å²) in [6.45, 7) is 4.58. The lowest BCUT2D eigenvalue weighted by Gasteiger charge is -2.32. The maximum atomic E-state index is 13.6. The molecule has 0 saturated carbocycles. The summed E-state index contributed by atoms with van der Waals surface area (Å²) in [4.78, 5) is 4.31. The Labute approximate surface area is 135 Å². The number of likely N-dealkylation sites (tertiary alicyclic amines) is 1. The van der Waals surface area contributed by atoms with E-state index in [2.05, 4.69) is 17.0 Å². The molecule has 2 fully saturated rings. The van der Waals surface area contributed by atoms with Crippen LogP contribution in [-0.4, -0.2) is 61.4 Å². The number of aliphatic hydroxyl groups is 1. The van der Waals surface area contributed by atoms with Gasteiger partial charge in [-0.05, 0) is 18.1 Å². The highest BCUT2D eigenvalue weighted by Gasteiger charge is 2.40. The van der Waals surface area contributed by atoms with Gasteiger partial charge in [-0.1, -0.05) is 18.2 Å². The minimum absolute atomic E-state index is 0.118. The Bertz CT molecular complexity index is 521. The molecule has 0 radical (unpaired) electrons. The van der Waals surface area contributed by atoms with Crippen LogP contribution in [-0.2, 0) is 11.3 Å². The van der Waals surface area contributed by atoms with Gasteiger partial charge in [-0.15, -0.1) is 0 Å². The third-order valence-electron chi connectivity index (χ3n) is 4.70. The predicted octanol–water partition coefficient (Wildman–Crippen LogP) is 2.12. The number of benzene rings is 1. The van der Waals surface area contributed by atoms with Crippen molar-refractivity contribution in [1.82, 2.24) is 4.90 Å². The summed E-state index contributed by atoms with van der Waals surface area (Å²) >= 11 is 0. The zero-order valence-electron chi connectivity index (χ0n) is 13.3. The highest BCUT2D eigenvalue weighted by atomic mass is 19.3. The molecule has 0 bridgehead atoms. The van der Waals surface area contributed by atoms with Gasteiger partial charge in [-0.2, -0.15) is 0 Å². The van der Waals surface area contributed by atoms with Gasteiger partial charge < -0.3 is 14.7 Å². The summed E-state index contributed by atoms with van der Waals surface area (Å²) in [5.41, 5.74) is 2.31. The lowest BCUT2D eigenvalue weighted by Crippen LogP contribution is -2.37. The van der Waals surface area contributed by atoms with E-state index in [0.717, 1.165) is 37.6 Å². The van der Waals surface area contributed by atoms with Crippen LogP contribution in [0.3, 0.4) is 0 Å². The first-order valence-electron chi connectivity index (χ1n) is 8.25. The molecule has 4 nitrogen and oxygen atoms in total. The van der Waals surface area contributed by atoms with Crippen molar-refractivity contribution in [3.8, 4) is 0 Å². The number of alkyl halides is 2. The first-order valence-corrected chi connectivity index (χ1v) is 8.25. The van der Waals surface area contributed by atoms with Crippen molar-refractivity contribution in [2.75, 3.05) is 44.3 Å². The molecule has 2 aliphatic heterocycles. The van der Waals surface area contributed by atoms with Crippen LogP contribution in [0.5, 0.6) is 0 Å². The maximum absolute atomic E-state index is 13.6. The zero-order valence-corrected chi connectivity index (χ0v) is 13.3. The number of aliphatic hydroxyl groups excluding tert-OH is 1. The Morgan fingerprint density at radius 1 is 1.13 bits per heavy atom. The highest BCUT2D eigenvalue weighted by molar-refractivity contribution is 5.53. The summed E-state index contributed by atoms with van der Waals surface area (Å²) in [7, 11) is 0. The zero-order chi connectivity index (χ0) is 16.3. The molecule has 1 aromatic rings. The molecule has 2 aliphatic rings. The Hall–Kier alpha value is -1.24. The highest BCUT2D eigenvalue weighted by Crippen LogP contribution is 2.30. The summed E-state index contributed by atoms with van der Waals surface area (Å²) in [6.07, 6.45) is -1.69. The number of anilines is 1. The second-order valence-electron chi connectivity index (χ2n) is 6.32. The third-order valence-corrected chi connectivity index (χ3v) is 4.70. The monoisotopic (exact) mass is 326 g/mol. The molecule has 6 heteroatoms. The maximum Gasteiger partial charge on any atom is 0.274 e. The van der Waals surface area contributed by atoms with Crippen molar-refractivity contribution in [1.29, 1.82) is 0 Å². The fourth-order valence-corrected chi connectivity index (χ4v) is 3.26. The topological polar surface area (TPSA) is 35.9 Å². The fourth-order valence-electron chi connectivity index (χ4n) is 3.26. The number of rotatable bonds is 3. The molecule has 1 unspecified atom stereocenters. The van der Waals surface area contributed by atoms with Crippen molar-refractivity contribution in [3.05, 3.63) is 29.8 Å². The second kappa shape index (κ2) is 7.11. The van der Waals surface area contributed by atoms with Crippen molar-refractivity contribution < 1.29 is 18.6 Å². The van der Waals surface area contributed by atoms with Crippen LogP contribution in [0.1, 0.15) is 18.4 Å². The molecule has 2 saturated heterocycles. The molecule has 23 heavy (non-hydrogen) atoms. The van der Waals surface area contributed by atoms with E-state index < -0.39 is 12.0 Å². The third kappa shape index (κ3) is 4.00. The number of hydrogen-bond acceptors (Lipinski definition) is 4. The SMILES string of the molecule is OC1CCN(Cc2ccccc2N2CCOCC2)CCC1(F)F. The molecule has 1 N–H and O–H groups in total. The van der Waals surface area contributed by atoms with Crippen molar-refractivity contribution in [3.63, 3.8) is 0 Å². The quantitative estimate of drug-likeness (QED) is 0.923. The number of para-hydroxylation sites is 1. The van der Waals surface area contributed by atoms with Crippen LogP contribution in [0.25, 0.3) is 0 Å². The minimum Gasteiger partial charge on any atom is -0.387 e. The molecule has 0 aromatic heterocycles. The van der Waals surface area contributed by atoms with Crippen LogP contribution in [0.4, 0.5) is 14.5 Å². The molecule has 1 aromatic carbocycles. The lowest BCUT2D eigenvalue weighted by atomic mass is 10.1. The predicted molar refractivity (Wildman–Crippen MR) is 84.9 cm³/mol. The second-order valence-corrected chi connectivity index (χ2v) is 6.32. The number of nitrogens with zero attached hydrogens (tertiary/aromatic N) is 2. The van der Waals surface area contributed by atoms with Gasteiger partial charge in [0.05, 0.1) is 13.2 Å².